The summed E-state index contributed by atoms with van der Waals surface area (Å²) in [6.45, 7) is 0. The molecule has 0 aliphatic carbocycles. The van der Waals surface area contributed by atoms with Crippen LogP contribution in [-0.4, -0.2) is 4.57 Å². The van der Waals surface area contributed by atoms with Gasteiger partial charge in [0.15, 0.2) is 0 Å². The Kier molecular flexibility index (Phi) is 8.87. The summed E-state index contributed by atoms with van der Waals surface area (Å²) in [7, 11) is 0. The topological polar surface area (TPSA) is 8.17 Å². The molecule has 282 valence electrons. The number of benzene rings is 10. The number of anilines is 3. The summed E-state index contributed by atoms with van der Waals surface area (Å²) in [5, 5.41) is 4.91. The number of aromatic nitrogens is 1. The molecule has 0 unspecified atom stereocenters. The minimum absolute atomic E-state index is 1.11. The molecule has 60 heavy (non-hydrogen) atoms. The lowest BCUT2D eigenvalue weighted by molar-refractivity contribution is 1.18. The molecule has 0 aliphatic heterocycles. The maximum Gasteiger partial charge on any atom is 0.0541 e. The average molecular weight is 765 g/mol. The van der Waals surface area contributed by atoms with Gasteiger partial charge in [0.25, 0.3) is 0 Å². The van der Waals surface area contributed by atoms with Gasteiger partial charge >= 0.3 is 0 Å². The average Bonchev–Trinajstić information content (AvgIpc) is 3.67. The molecule has 0 bridgehead atoms. The summed E-state index contributed by atoms with van der Waals surface area (Å²) in [6, 6.07) is 87.7. The second-order valence-corrected chi connectivity index (χ2v) is 15.3. The SMILES string of the molecule is c1ccc(-c2ccc(N(c3ccccc3)c3ccc(-c4ccc(-c5ccc6c(c5)c5ccccc5n6-c5cccc(-c6ccccc6)c5)cc4)c4ccccc34)cc2)cc1. The third-order valence-corrected chi connectivity index (χ3v) is 11.8. The highest BCUT2D eigenvalue weighted by atomic mass is 15.1. The van der Waals surface area contributed by atoms with Crippen molar-refractivity contribution in [3.8, 4) is 50.2 Å². The van der Waals surface area contributed by atoms with Gasteiger partial charge in [0.1, 0.15) is 0 Å². The van der Waals surface area contributed by atoms with Crippen molar-refractivity contribution < 1.29 is 0 Å². The minimum atomic E-state index is 1.11. The van der Waals surface area contributed by atoms with Gasteiger partial charge in [-0.15, -0.1) is 0 Å². The van der Waals surface area contributed by atoms with Crippen LogP contribution < -0.4 is 4.90 Å². The molecule has 0 fully saturated rings. The van der Waals surface area contributed by atoms with Gasteiger partial charge in [0.2, 0.25) is 0 Å². The molecule has 11 rings (SSSR count). The Morgan fingerprint density at radius 2 is 0.750 bits per heavy atom. The van der Waals surface area contributed by atoms with E-state index in [0.717, 1.165) is 22.7 Å². The van der Waals surface area contributed by atoms with Crippen LogP contribution in [0.4, 0.5) is 17.1 Å². The van der Waals surface area contributed by atoms with E-state index in [0.29, 0.717) is 0 Å². The molecule has 0 aliphatic rings. The molecular formula is C58H40N2. The summed E-state index contributed by atoms with van der Waals surface area (Å²) in [5.41, 5.74) is 16.6. The molecule has 0 spiro atoms. The maximum atomic E-state index is 2.40. The lowest BCUT2D eigenvalue weighted by Gasteiger charge is -2.27. The molecule has 10 aromatic carbocycles. The second kappa shape index (κ2) is 15.1. The first-order valence-electron chi connectivity index (χ1n) is 20.6. The van der Waals surface area contributed by atoms with Crippen molar-refractivity contribution in [2.75, 3.05) is 4.90 Å². The third-order valence-electron chi connectivity index (χ3n) is 11.8. The van der Waals surface area contributed by atoms with Crippen molar-refractivity contribution in [1.29, 1.82) is 0 Å². The van der Waals surface area contributed by atoms with E-state index in [-0.39, 0.29) is 0 Å². The van der Waals surface area contributed by atoms with E-state index in [1.54, 1.807) is 0 Å². The van der Waals surface area contributed by atoms with E-state index >= 15 is 0 Å². The zero-order chi connectivity index (χ0) is 39.8. The highest BCUT2D eigenvalue weighted by Gasteiger charge is 2.18. The normalized spacial score (nSPS) is 11.3. The van der Waals surface area contributed by atoms with Crippen molar-refractivity contribution in [1.82, 2.24) is 4.57 Å². The number of nitrogens with zero attached hydrogens (tertiary/aromatic N) is 2. The molecule has 1 aromatic heterocycles. The standard InChI is InChI=1S/C58H40N2/c1-4-15-41(16-5-1)43-31-34-49(35-32-43)59(48-20-8-3-9-21-48)57-38-36-51(52-23-10-11-24-53(52)57)45-29-27-44(28-30-45)47-33-37-58-55(40-47)54-25-12-13-26-56(54)60(58)50-22-14-19-46(39-50)42-17-6-2-7-18-42/h1-40H. The Hall–Kier alpha value is -7.94. The first-order valence-corrected chi connectivity index (χ1v) is 20.6. The fraction of sp³-hybridized carbons (Fsp3) is 0. The molecule has 1 heterocycles. The Bertz CT molecular complexity index is 3270. The summed E-state index contributed by atoms with van der Waals surface area (Å²) in [4.78, 5) is 2.37. The van der Waals surface area contributed by atoms with Crippen LogP contribution in [0.5, 0.6) is 0 Å². The molecule has 2 nitrogen and oxygen atoms in total. The lowest BCUT2D eigenvalue weighted by atomic mass is 9.94. The van der Waals surface area contributed by atoms with Gasteiger partial charge in [-0.3, -0.25) is 0 Å². The fourth-order valence-corrected chi connectivity index (χ4v) is 8.90. The van der Waals surface area contributed by atoms with Crippen molar-refractivity contribution in [3.63, 3.8) is 0 Å². The predicted octanol–water partition coefficient (Wildman–Crippen LogP) is 16.1. The lowest BCUT2D eigenvalue weighted by Crippen LogP contribution is -2.10. The van der Waals surface area contributed by atoms with Crippen molar-refractivity contribution in [3.05, 3.63) is 243 Å². The largest absolute Gasteiger partial charge is 0.310 e. The smallest absolute Gasteiger partial charge is 0.0541 e. The summed E-state index contributed by atoms with van der Waals surface area (Å²) < 4.78 is 2.40. The van der Waals surface area contributed by atoms with Gasteiger partial charge < -0.3 is 9.47 Å². The van der Waals surface area contributed by atoms with Crippen LogP contribution in [0.25, 0.3) is 82.8 Å². The van der Waals surface area contributed by atoms with Crippen LogP contribution in [0.3, 0.4) is 0 Å². The van der Waals surface area contributed by atoms with Crippen LogP contribution in [0.15, 0.2) is 243 Å². The monoisotopic (exact) mass is 764 g/mol. The van der Waals surface area contributed by atoms with E-state index < -0.39 is 0 Å². The molecule has 11 aromatic rings. The number of hydrogen-bond donors (Lipinski definition) is 0. The zero-order valence-corrected chi connectivity index (χ0v) is 33.0. The van der Waals surface area contributed by atoms with Crippen LogP contribution in [0, 0.1) is 0 Å². The molecular weight excluding hydrogens is 725 g/mol. The van der Waals surface area contributed by atoms with Crippen LogP contribution in [-0.2, 0) is 0 Å². The number of para-hydroxylation sites is 2. The highest BCUT2D eigenvalue weighted by molar-refractivity contribution is 6.11. The van der Waals surface area contributed by atoms with Gasteiger partial charge in [-0.25, -0.2) is 0 Å². The van der Waals surface area contributed by atoms with E-state index in [1.807, 2.05) is 0 Å². The molecule has 0 atom stereocenters. The van der Waals surface area contributed by atoms with E-state index in [4.69, 9.17) is 0 Å². The molecule has 2 heteroatoms. The number of fused-ring (bicyclic) bond motifs is 4. The fourth-order valence-electron chi connectivity index (χ4n) is 8.90. The molecule has 0 N–H and O–H groups in total. The molecule has 0 amide bonds. The Labute approximate surface area is 350 Å². The van der Waals surface area contributed by atoms with E-state index in [9.17, 15) is 0 Å². The first-order chi connectivity index (χ1) is 29.8. The maximum absolute atomic E-state index is 2.40. The minimum Gasteiger partial charge on any atom is -0.310 e. The van der Waals surface area contributed by atoms with Crippen LogP contribution >= 0.6 is 0 Å². The summed E-state index contributed by atoms with van der Waals surface area (Å²) in [5.74, 6) is 0. The highest BCUT2D eigenvalue weighted by Crippen LogP contribution is 2.43. The predicted molar refractivity (Wildman–Crippen MR) is 255 cm³/mol. The van der Waals surface area contributed by atoms with E-state index in [1.165, 1.54) is 77.1 Å². The quantitative estimate of drug-likeness (QED) is 0.150. The van der Waals surface area contributed by atoms with E-state index in [2.05, 4.69) is 252 Å². The van der Waals surface area contributed by atoms with Gasteiger partial charge in [0.05, 0.1) is 16.7 Å². The third kappa shape index (κ3) is 6.32. The van der Waals surface area contributed by atoms with Crippen molar-refractivity contribution >= 4 is 49.6 Å². The first kappa shape index (κ1) is 35.2. The van der Waals surface area contributed by atoms with Crippen LogP contribution in [0.1, 0.15) is 0 Å². The number of rotatable bonds is 8. The Balaban J connectivity index is 0.955. The Morgan fingerprint density at radius 3 is 1.48 bits per heavy atom. The van der Waals surface area contributed by atoms with Gasteiger partial charge in [0, 0.05) is 33.2 Å². The van der Waals surface area contributed by atoms with Crippen molar-refractivity contribution in [2.45, 2.75) is 0 Å². The van der Waals surface area contributed by atoms with Crippen molar-refractivity contribution in [2.24, 2.45) is 0 Å². The van der Waals surface area contributed by atoms with Crippen LogP contribution in [0.2, 0.25) is 0 Å². The molecule has 0 saturated carbocycles. The van der Waals surface area contributed by atoms with Gasteiger partial charge in [-0.1, -0.05) is 182 Å². The second-order valence-electron chi connectivity index (χ2n) is 15.3. The van der Waals surface area contributed by atoms with Gasteiger partial charge in [-0.2, -0.15) is 0 Å². The van der Waals surface area contributed by atoms with Gasteiger partial charge in [-0.05, 0) is 111 Å². The molecule has 0 saturated heterocycles. The summed E-state index contributed by atoms with van der Waals surface area (Å²) in [6.07, 6.45) is 0. The summed E-state index contributed by atoms with van der Waals surface area (Å²) >= 11 is 0. The zero-order valence-electron chi connectivity index (χ0n) is 33.0. The Morgan fingerprint density at radius 1 is 0.267 bits per heavy atom. The molecule has 0 radical (unpaired) electrons. The number of hydrogen-bond acceptors (Lipinski definition) is 1.